The van der Waals surface area contributed by atoms with Gasteiger partial charge in [-0.1, -0.05) is 44.2 Å². The van der Waals surface area contributed by atoms with Crippen LogP contribution in [0, 0.1) is 0 Å². The van der Waals surface area contributed by atoms with Crippen LogP contribution in [0.3, 0.4) is 0 Å². The van der Waals surface area contributed by atoms with E-state index in [1.165, 1.54) is 4.90 Å². The molecule has 5 nitrogen and oxygen atoms in total. The number of anilines is 1. The van der Waals surface area contributed by atoms with Crippen LogP contribution in [0.1, 0.15) is 47.7 Å². The fraction of sp³-hybridized carbons (Fsp3) is 0.333. The minimum atomic E-state index is -0.259. The molecule has 2 rings (SSSR count). The molecule has 0 heterocycles. The molecule has 0 fully saturated rings. The van der Waals surface area contributed by atoms with Crippen molar-refractivity contribution in [3.8, 4) is 0 Å². The van der Waals surface area contributed by atoms with Gasteiger partial charge in [-0.2, -0.15) is 0 Å². The van der Waals surface area contributed by atoms with Gasteiger partial charge in [0.1, 0.15) is 0 Å². The second kappa shape index (κ2) is 9.04. The molecule has 0 aliphatic carbocycles. The van der Waals surface area contributed by atoms with Gasteiger partial charge in [0.05, 0.1) is 0 Å². The van der Waals surface area contributed by atoms with Crippen molar-refractivity contribution in [2.75, 3.05) is 19.4 Å². The third-order valence-electron chi connectivity index (χ3n) is 4.39. The maximum atomic E-state index is 12.3. The van der Waals surface area contributed by atoms with Crippen LogP contribution < -0.4 is 10.6 Å². The zero-order chi connectivity index (χ0) is 19.1. The number of carbonyl (C=O) groups excluding carboxylic acids is 2. The fourth-order valence-electron chi connectivity index (χ4n) is 2.68. The second-order valence-electron chi connectivity index (χ2n) is 6.60. The summed E-state index contributed by atoms with van der Waals surface area (Å²) in [5.41, 5.74) is 3.44. The molecule has 0 spiro atoms. The number of nitrogens with one attached hydrogen (secondary N) is 2. The molecule has 2 aromatic rings. The maximum absolute atomic E-state index is 12.3. The summed E-state index contributed by atoms with van der Waals surface area (Å²) in [6.07, 6.45) is 1.01. The van der Waals surface area contributed by atoms with E-state index in [4.69, 9.17) is 0 Å². The molecule has 26 heavy (non-hydrogen) atoms. The maximum Gasteiger partial charge on any atom is 0.319 e. The van der Waals surface area contributed by atoms with Crippen molar-refractivity contribution in [2.45, 2.75) is 32.7 Å². The minimum Gasteiger partial charge on any atom is -0.345 e. The van der Waals surface area contributed by atoms with Gasteiger partial charge in [-0.15, -0.1) is 0 Å². The molecular weight excluding hydrogens is 326 g/mol. The van der Waals surface area contributed by atoms with Gasteiger partial charge in [0, 0.05) is 31.9 Å². The average molecular weight is 353 g/mol. The second-order valence-corrected chi connectivity index (χ2v) is 6.60. The number of amides is 3. The molecule has 138 valence electrons. The van der Waals surface area contributed by atoms with Crippen LogP contribution in [0.25, 0.3) is 0 Å². The lowest BCUT2D eigenvalue weighted by Gasteiger charge is -2.16. The minimum absolute atomic E-state index is 0.0567. The van der Waals surface area contributed by atoms with Crippen molar-refractivity contribution >= 4 is 17.6 Å². The van der Waals surface area contributed by atoms with Gasteiger partial charge in [0.15, 0.2) is 0 Å². The lowest BCUT2D eigenvalue weighted by molar-refractivity contribution is 0.0827. The highest BCUT2D eigenvalue weighted by Crippen LogP contribution is 2.26. The molecule has 0 saturated heterocycles. The highest BCUT2D eigenvalue weighted by molar-refractivity contribution is 5.94. The number of carbonyl (C=O) groups is 2. The van der Waals surface area contributed by atoms with Gasteiger partial charge in [-0.05, 0) is 41.7 Å². The Kier molecular flexibility index (Phi) is 6.78. The highest BCUT2D eigenvalue weighted by atomic mass is 16.2. The van der Waals surface area contributed by atoms with Crippen LogP contribution in [-0.2, 0) is 6.54 Å². The molecular formula is C21H27N3O2. The summed E-state index contributed by atoms with van der Waals surface area (Å²) in [6.45, 7) is 4.63. The SMILES string of the molecule is CC[C@H](C)c1ccccc1NC(=O)NCc1cccc(C(=O)N(C)C)c1. The van der Waals surface area contributed by atoms with Crippen molar-refractivity contribution in [2.24, 2.45) is 0 Å². The van der Waals surface area contributed by atoms with Gasteiger partial charge in [0.25, 0.3) is 5.91 Å². The largest absolute Gasteiger partial charge is 0.345 e. The first-order chi connectivity index (χ1) is 12.4. The van der Waals surface area contributed by atoms with Gasteiger partial charge in [0.2, 0.25) is 0 Å². The van der Waals surface area contributed by atoms with E-state index in [0.29, 0.717) is 18.0 Å². The molecule has 0 bridgehead atoms. The van der Waals surface area contributed by atoms with Crippen molar-refractivity contribution in [3.05, 3.63) is 65.2 Å². The Morgan fingerprint density at radius 2 is 1.81 bits per heavy atom. The Balaban J connectivity index is 2.00. The number of hydrogen-bond donors (Lipinski definition) is 2. The highest BCUT2D eigenvalue weighted by Gasteiger charge is 2.11. The average Bonchev–Trinajstić information content (AvgIpc) is 2.65. The first kappa shape index (κ1) is 19.5. The normalized spacial score (nSPS) is 11.5. The third kappa shape index (κ3) is 5.09. The topological polar surface area (TPSA) is 61.4 Å². The third-order valence-corrected chi connectivity index (χ3v) is 4.39. The number of hydrogen-bond acceptors (Lipinski definition) is 2. The summed E-state index contributed by atoms with van der Waals surface area (Å²) in [7, 11) is 3.44. The predicted octanol–water partition coefficient (Wildman–Crippen LogP) is 4.22. The van der Waals surface area contributed by atoms with E-state index in [-0.39, 0.29) is 11.9 Å². The van der Waals surface area contributed by atoms with E-state index in [0.717, 1.165) is 23.2 Å². The Labute approximate surface area is 155 Å². The van der Waals surface area contributed by atoms with E-state index >= 15 is 0 Å². The van der Waals surface area contributed by atoms with E-state index < -0.39 is 0 Å². The monoisotopic (exact) mass is 353 g/mol. The number of rotatable bonds is 6. The summed E-state index contributed by atoms with van der Waals surface area (Å²) in [4.78, 5) is 25.8. The molecule has 0 radical (unpaired) electrons. The first-order valence-electron chi connectivity index (χ1n) is 8.86. The fourth-order valence-corrected chi connectivity index (χ4v) is 2.68. The van der Waals surface area contributed by atoms with E-state index in [1.54, 1.807) is 26.2 Å². The summed E-state index contributed by atoms with van der Waals surface area (Å²) in [5.74, 6) is 0.319. The van der Waals surface area contributed by atoms with Gasteiger partial charge in [-0.25, -0.2) is 4.79 Å². The van der Waals surface area contributed by atoms with Crippen molar-refractivity contribution in [3.63, 3.8) is 0 Å². The van der Waals surface area contributed by atoms with Crippen molar-refractivity contribution in [1.82, 2.24) is 10.2 Å². The summed E-state index contributed by atoms with van der Waals surface area (Å²) in [6, 6.07) is 14.9. The van der Waals surface area contributed by atoms with Crippen LogP contribution in [0.2, 0.25) is 0 Å². The Bertz CT molecular complexity index is 771. The van der Waals surface area contributed by atoms with Crippen molar-refractivity contribution < 1.29 is 9.59 Å². The predicted molar refractivity (Wildman–Crippen MR) is 105 cm³/mol. The summed E-state index contributed by atoms with van der Waals surface area (Å²) >= 11 is 0. The Morgan fingerprint density at radius 3 is 2.50 bits per heavy atom. The van der Waals surface area contributed by atoms with Crippen LogP contribution in [0.15, 0.2) is 48.5 Å². The van der Waals surface area contributed by atoms with Crippen LogP contribution in [0.4, 0.5) is 10.5 Å². The van der Waals surface area contributed by atoms with Gasteiger partial charge < -0.3 is 15.5 Å². The zero-order valence-electron chi connectivity index (χ0n) is 15.9. The van der Waals surface area contributed by atoms with E-state index in [2.05, 4.69) is 24.5 Å². The smallest absolute Gasteiger partial charge is 0.319 e. The zero-order valence-corrected chi connectivity index (χ0v) is 15.9. The quantitative estimate of drug-likeness (QED) is 0.816. The van der Waals surface area contributed by atoms with Gasteiger partial charge >= 0.3 is 6.03 Å². The van der Waals surface area contributed by atoms with Gasteiger partial charge in [-0.3, -0.25) is 4.79 Å². The molecule has 2 aromatic carbocycles. The molecule has 0 saturated carbocycles. The molecule has 0 unspecified atom stereocenters. The van der Waals surface area contributed by atoms with Crippen molar-refractivity contribution in [1.29, 1.82) is 0 Å². The van der Waals surface area contributed by atoms with E-state index in [1.807, 2.05) is 36.4 Å². The van der Waals surface area contributed by atoms with Crippen LogP contribution in [0.5, 0.6) is 0 Å². The molecule has 3 amide bonds. The number of para-hydroxylation sites is 1. The molecule has 2 N–H and O–H groups in total. The molecule has 0 aliphatic rings. The summed E-state index contributed by atoms with van der Waals surface area (Å²) < 4.78 is 0. The molecule has 1 atom stereocenters. The van der Waals surface area contributed by atoms with Crippen LogP contribution >= 0.6 is 0 Å². The van der Waals surface area contributed by atoms with Crippen LogP contribution in [-0.4, -0.2) is 30.9 Å². The molecule has 0 aliphatic heterocycles. The number of urea groups is 1. The molecule has 5 heteroatoms. The lowest BCUT2D eigenvalue weighted by Crippen LogP contribution is -2.29. The number of benzene rings is 2. The Morgan fingerprint density at radius 1 is 1.08 bits per heavy atom. The standard InChI is InChI=1S/C21H27N3O2/c1-5-15(2)18-11-6-7-12-19(18)23-21(26)22-14-16-9-8-10-17(13-16)20(25)24(3)4/h6-13,15H,5,14H2,1-4H3,(H2,22,23,26)/t15-/m0/s1. The lowest BCUT2D eigenvalue weighted by atomic mass is 9.97. The first-order valence-corrected chi connectivity index (χ1v) is 8.86. The summed E-state index contributed by atoms with van der Waals surface area (Å²) in [5, 5.41) is 5.78. The number of nitrogens with zero attached hydrogens (tertiary/aromatic N) is 1. The van der Waals surface area contributed by atoms with E-state index in [9.17, 15) is 9.59 Å². The molecule has 0 aromatic heterocycles. The Hall–Kier alpha value is -2.82.